The molecule has 3 fully saturated rings. The predicted molar refractivity (Wildman–Crippen MR) is 137 cm³/mol. The number of amides is 4. The molecule has 10 nitrogen and oxygen atoms in total. The molecule has 2 saturated heterocycles. The van der Waals surface area contributed by atoms with Gasteiger partial charge in [0, 0.05) is 29.9 Å². The molecule has 1 aromatic heterocycles. The van der Waals surface area contributed by atoms with Gasteiger partial charge in [0.05, 0.1) is 7.11 Å². The van der Waals surface area contributed by atoms with Crippen LogP contribution in [0.2, 0.25) is 0 Å². The highest BCUT2D eigenvalue weighted by Crippen LogP contribution is 2.47. The molecule has 2 aliphatic heterocycles. The lowest BCUT2D eigenvalue weighted by atomic mass is 9.72. The molecule has 3 heterocycles. The number of carbonyl (C=O) groups is 4. The van der Waals surface area contributed by atoms with E-state index in [1.807, 2.05) is 18.2 Å². The summed E-state index contributed by atoms with van der Waals surface area (Å²) in [4.78, 5) is 56.6. The monoisotopic (exact) mass is 509 g/mol. The fourth-order valence-electron chi connectivity index (χ4n) is 6.41. The number of aromatic nitrogens is 1. The van der Waals surface area contributed by atoms with E-state index in [2.05, 4.69) is 15.6 Å². The number of fused-ring (bicyclic) bond motifs is 1. The van der Waals surface area contributed by atoms with Gasteiger partial charge in [0.1, 0.15) is 23.5 Å². The van der Waals surface area contributed by atoms with Gasteiger partial charge >= 0.3 is 0 Å². The number of nitrogens with zero attached hydrogens (tertiary/aromatic N) is 1. The largest absolute Gasteiger partial charge is 0.496 e. The Hall–Kier alpha value is -3.56. The maximum Gasteiger partial charge on any atom is 0.271 e. The zero-order valence-electron chi connectivity index (χ0n) is 21.2. The van der Waals surface area contributed by atoms with Gasteiger partial charge < -0.3 is 31.0 Å². The van der Waals surface area contributed by atoms with Gasteiger partial charge in [0.25, 0.3) is 5.91 Å². The number of benzene rings is 1. The van der Waals surface area contributed by atoms with Crippen molar-refractivity contribution in [2.24, 2.45) is 17.1 Å². The predicted octanol–water partition coefficient (Wildman–Crippen LogP) is 1.84. The maximum atomic E-state index is 13.8. The van der Waals surface area contributed by atoms with E-state index in [4.69, 9.17) is 10.5 Å². The minimum absolute atomic E-state index is 0.118. The van der Waals surface area contributed by atoms with E-state index < -0.39 is 23.9 Å². The number of H-pyrrole nitrogens is 1. The number of methoxy groups -OCH3 is 1. The van der Waals surface area contributed by atoms with Crippen molar-refractivity contribution in [2.45, 2.75) is 63.5 Å². The molecule has 198 valence electrons. The first-order valence-corrected chi connectivity index (χ1v) is 13.1. The van der Waals surface area contributed by atoms with Gasteiger partial charge in [-0.1, -0.05) is 25.3 Å². The first kappa shape index (κ1) is 25.1. The zero-order valence-corrected chi connectivity index (χ0v) is 21.2. The fourth-order valence-corrected chi connectivity index (χ4v) is 6.41. The number of nitrogens with one attached hydrogen (secondary N) is 3. The van der Waals surface area contributed by atoms with Crippen molar-refractivity contribution in [3.05, 3.63) is 30.0 Å². The quantitative estimate of drug-likeness (QED) is 0.450. The number of nitrogens with two attached hydrogens (primary N) is 1. The van der Waals surface area contributed by atoms with Crippen molar-refractivity contribution in [1.82, 2.24) is 20.5 Å². The summed E-state index contributed by atoms with van der Waals surface area (Å²) in [5.41, 5.74) is 6.66. The number of hydrogen-bond acceptors (Lipinski definition) is 5. The number of aromatic amines is 1. The summed E-state index contributed by atoms with van der Waals surface area (Å²) >= 11 is 0. The minimum Gasteiger partial charge on any atom is -0.496 e. The second kappa shape index (κ2) is 10.1. The van der Waals surface area contributed by atoms with E-state index in [0.29, 0.717) is 37.4 Å². The molecule has 3 unspecified atom stereocenters. The molecule has 1 aromatic carbocycles. The molecule has 1 spiro atoms. The van der Waals surface area contributed by atoms with E-state index in [9.17, 15) is 19.2 Å². The van der Waals surface area contributed by atoms with Crippen LogP contribution in [0.15, 0.2) is 24.3 Å². The number of carbonyl (C=O) groups excluding carboxylic acids is 4. The third-order valence-corrected chi connectivity index (χ3v) is 8.40. The molecule has 4 amide bonds. The maximum absolute atomic E-state index is 13.8. The van der Waals surface area contributed by atoms with Gasteiger partial charge in [-0.25, -0.2) is 0 Å². The molecule has 2 aromatic rings. The number of primary amides is 1. The van der Waals surface area contributed by atoms with E-state index in [-0.39, 0.29) is 29.6 Å². The molecule has 0 radical (unpaired) electrons. The summed E-state index contributed by atoms with van der Waals surface area (Å²) in [6.45, 7) is 1.04. The van der Waals surface area contributed by atoms with Gasteiger partial charge in [0.15, 0.2) is 0 Å². The number of ether oxygens (including phenoxy) is 1. The Bertz CT molecular complexity index is 1220. The molecule has 1 aliphatic carbocycles. The van der Waals surface area contributed by atoms with Gasteiger partial charge in [-0.05, 0) is 55.7 Å². The van der Waals surface area contributed by atoms with Crippen LogP contribution < -0.4 is 21.1 Å². The smallest absolute Gasteiger partial charge is 0.271 e. The highest BCUT2D eigenvalue weighted by molar-refractivity contribution is 6.02. The van der Waals surface area contributed by atoms with E-state index in [1.54, 1.807) is 18.1 Å². The normalized spacial score (nSPS) is 23.7. The summed E-state index contributed by atoms with van der Waals surface area (Å²) in [6.07, 6.45) is 6.51. The van der Waals surface area contributed by atoms with Gasteiger partial charge in [-0.3, -0.25) is 19.2 Å². The van der Waals surface area contributed by atoms with Crippen molar-refractivity contribution in [1.29, 1.82) is 0 Å². The van der Waals surface area contributed by atoms with E-state index in [1.165, 1.54) is 0 Å². The van der Waals surface area contributed by atoms with Crippen LogP contribution in [0.3, 0.4) is 0 Å². The molecule has 37 heavy (non-hydrogen) atoms. The van der Waals surface area contributed by atoms with Crippen molar-refractivity contribution in [2.75, 3.05) is 20.2 Å². The second-order valence-electron chi connectivity index (χ2n) is 10.8. The van der Waals surface area contributed by atoms with E-state index >= 15 is 0 Å². The Balaban J connectivity index is 1.40. The number of rotatable bonds is 7. The van der Waals surface area contributed by atoms with Crippen LogP contribution in [0, 0.1) is 11.3 Å². The molecular weight excluding hydrogens is 474 g/mol. The van der Waals surface area contributed by atoms with Crippen molar-refractivity contribution < 1.29 is 23.9 Å². The topological polar surface area (TPSA) is 147 Å². The number of likely N-dealkylation sites (tertiary alicyclic amines) is 1. The molecule has 5 N–H and O–H groups in total. The zero-order chi connectivity index (χ0) is 26.2. The first-order chi connectivity index (χ1) is 17.8. The summed E-state index contributed by atoms with van der Waals surface area (Å²) < 4.78 is 5.44. The van der Waals surface area contributed by atoms with Gasteiger partial charge in [-0.15, -0.1) is 0 Å². The Kier molecular flexibility index (Phi) is 6.83. The van der Waals surface area contributed by atoms with Crippen LogP contribution in [-0.2, 0) is 14.4 Å². The lowest BCUT2D eigenvalue weighted by Gasteiger charge is -2.32. The van der Waals surface area contributed by atoms with Crippen molar-refractivity contribution in [3.63, 3.8) is 0 Å². The Morgan fingerprint density at radius 2 is 2.03 bits per heavy atom. The van der Waals surface area contributed by atoms with Crippen LogP contribution in [0.4, 0.5) is 0 Å². The summed E-state index contributed by atoms with van der Waals surface area (Å²) in [7, 11) is 1.58. The molecule has 10 heteroatoms. The summed E-state index contributed by atoms with van der Waals surface area (Å²) in [6, 6.07) is 5.63. The fraction of sp³-hybridized carbons (Fsp3) is 0.556. The third-order valence-electron chi connectivity index (χ3n) is 8.40. The van der Waals surface area contributed by atoms with Gasteiger partial charge in [-0.2, -0.15) is 0 Å². The third kappa shape index (κ3) is 4.89. The standard InChI is InChI=1S/C27H35N5O5/c1-37-22-7-5-6-18-17(22)13-20(30-18)26(36)32-15-27(9-3-2-4-10-27)14-21(32)25(35)31-19(23(28)33)12-16-8-11-29-24(16)34/h5-7,13,16,19,21,30H,2-4,8-12,14-15H2,1H3,(H2,28,33)(H,29,34)(H,31,35). The van der Waals surface area contributed by atoms with E-state index in [0.717, 1.165) is 43.0 Å². The molecular formula is C27H35N5O5. The minimum atomic E-state index is -0.974. The first-order valence-electron chi connectivity index (χ1n) is 13.1. The highest BCUT2D eigenvalue weighted by Gasteiger charge is 2.49. The van der Waals surface area contributed by atoms with Crippen LogP contribution in [0.1, 0.15) is 61.9 Å². The molecule has 0 bridgehead atoms. The SMILES string of the molecule is COc1cccc2[nH]c(C(=O)N3CC4(CCCCC4)CC3C(=O)NC(CC3CCNC3=O)C(N)=O)cc12. The Morgan fingerprint density at radius 3 is 2.70 bits per heavy atom. The molecule has 5 rings (SSSR count). The summed E-state index contributed by atoms with van der Waals surface area (Å²) in [5, 5.41) is 6.34. The van der Waals surface area contributed by atoms with Crippen molar-refractivity contribution >= 4 is 34.5 Å². The molecule has 3 aliphatic rings. The lowest BCUT2D eigenvalue weighted by Crippen LogP contribution is -2.53. The molecule has 3 atom stereocenters. The molecule has 1 saturated carbocycles. The van der Waals surface area contributed by atoms with Crippen LogP contribution in [0.5, 0.6) is 5.75 Å². The number of hydrogen-bond donors (Lipinski definition) is 4. The summed E-state index contributed by atoms with van der Waals surface area (Å²) in [5.74, 6) is -1.18. The van der Waals surface area contributed by atoms with Crippen LogP contribution in [-0.4, -0.2) is 65.8 Å². The lowest BCUT2D eigenvalue weighted by molar-refractivity contribution is -0.131. The van der Waals surface area contributed by atoms with Crippen LogP contribution >= 0.6 is 0 Å². The van der Waals surface area contributed by atoms with Crippen molar-refractivity contribution in [3.8, 4) is 5.75 Å². The average molecular weight is 510 g/mol. The Labute approximate surface area is 215 Å². The van der Waals surface area contributed by atoms with Crippen LogP contribution in [0.25, 0.3) is 10.9 Å². The second-order valence-corrected chi connectivity index (χ2v) is 10.8. The Morgan fingerprint density at radius 1 is 1.24 bits per heavy atom. The highest BCUT2D eigenvalue weighted by atomic mass is 16.5. The average Bonchev–Trinajstić information content (AvgIpc) is 3.60. The van der Waals surface area contributed by atoms with Gasteiger partial charge in [0.2, 0.25) is 17.7 Å².